The lowest BCUT2D eigenvalue weighted by atomic mass is 10.0. The zero-order valence-electron chi connectivity index (χ0n) is 10.5. The van der Waals surface area contributed by atoms with Gasteiger partial charge in [-0.3, -0.25) is 4.79 Å². The second-order valence-corrected chi connectivity index (χ2v) is 4.80. The number of benzene rings is 1. The van der Waals surface area contributed by atoms with Crippen LogP contribution in [0, 0.1) is 6.92 Å². The Morgan fingerprint density at radius 2 is 2.06 bits per heavy atom. The highest BCUT2D eigenvalue weighted by molar-refractivity contribution is 5.85. The maximum atomic E-state index is 11.5. The quantitative estimate of drug-likeness (QED) is 0.726. The SMILES string of the molecule is Cc1ccccc1C(O)CNC(=O)C(C)(C)N. The van der Waals surface area contributed by atoms with Crippen molar-refractivity contribution >= 4 is 5.91 Å². The van der Waals surface area contributed by atoms with Gasteiger partial charge in [-0.1, -0.05) is 24.3 Å². The fourth-order valence-electron chi connectivity index (χ4n) is 1.49. The van der Waals surface area contributed by atoms with Crippen LogP contribution in [0.1, 0.15) is 31.1 Å². The highest BCUT2D eigenvalue weighted by Gasteiger charge is 2.22. The highest BCUT2D eigenvalue weighted by atomic mass is 16.3. The molecule has 0 aromatic heterocycles. The molecule has 1 rings (SSSR count). The molecular formula is C13H20N2O2. The monoisotopic (exact) mass is 236 g/mol. The normalized spacial score (nSPS) is 13.2. The van der Waals surface area contributed by atoms with Crippen LogP contribution in [0.2, 0.25) is 0 Å². The molecule has 1 amide bonds. The first-order valence-corrected chi connectivity index (χ1v) is 5.63. The fourth-order valence-corrected chi connectivity index (χ4v) is 1.49. The van der Waals surface area contributed by atoms with E-state index in [0.29, 0.717) is 0 Å². The number of carbonyl (C=O) groups is 1. The Kier molecular flexibility index (Phi) is 4.26. The van der Waals surface area contributed by atoms with Crippen LogP contribution in [0.4, 0.5) is 0 Å². The molecule has 1 unspecified atom stereocenters. The fraction of sp³-hybridized carbons (Fsp3) is 0.462. The molecule has 0 aliphatic rings. The number of carbonyl (C=O) groups excluding carboxylic acids is 1. The summed E-state index contributed by atoms with van der Waals surface area (Å²) in [5.41, 5.74) is 6.54. The van der Waals surface area contributed by atoms with Gasteiger partial charge in [-0.25, -0.2) is 0 Å². The van der Waals surface area contributed by atoms with Crippen molar-refractivity contribution in [2.75, 3.05) is 6.54 Å². The van der Waals surface area contributed by atoms with E-state index in [1.807, 2.05) is 31.2 Å². The Labute approximate surface area is 102 Å². The topological polar surface area (TPSA) is 75.3 Å². The molecule has 4 N–H and O–H groups in total. The number of aliphatic hydroxyl groups is 1. The van der Waals surface area contributed by atoms with Gasteiger partial charge in [-0.15, -0.1) is 0 Å². The van der Waals surface area contributed by atoms with Gasteiger partial charge in [0.2, 0.25) is 5.91 Å². The number of nitrogens with one attached hydrogen (secondary N) is 1. The summed E-state index contributed by atoms with van der Waals surface area (Å²) in [5.74, 6) is -0.273. The molecule has 0 aliphatic heterocycles. The molecule has 1 atom stereocenters. The van der Waals surface area contributed by atoms with Crippen molar-refractivity contribution in [1.29, 1.82) is 0 Å². The summed E-state index contributed by atoms with van der Waals surface area (Å²) in [4.78, 5) is 11.5. The van der Waals surface area contributed by atoms with Crippen LogP contribution >= 0.6 is 0 Å². The van der Waals surface area contributed by atoms with Gasteiger partial charge < -0.3 is 16.2 Å². The first-order chi connectivity index (χ1) is 7.82. The van der Waals surface area contributed by atoms with Crippen LogP contribution in [0.5, 0.6) is 0 Å². The van der Waals surface area contributed by atoms with Crippen molar-refractivity contribution in [2.45, 2.75) is 32.4 Å². The van der Waals surface area contributed by atoms with Crippen molar-refractivity contribution in [3.05, 3.63) is 35.4 Å². The largest absolute Gasteiger partial charge is 0.387 e. The van der Waals surface area contributed by atoms with E-state index in [2.05, 4.69) is 5.32 Å². The molecule has 4 heteroatoms. The zero-order chi connectivity index (χ0) is 13.1. The Bertz CT molecular complexity index is 397. The number of hydrogen-bond acceptors (Lipinski definition) is 3. The predicted molar refractivity (Wildman–Crippen MR) is 67.4 cm³/mol. The number of rotatable bonds is 4. The molecule has 0 fully saturated rings. The molecule has 1 aromatic rings. The van der Waals surface area contributed by atoms with Crippen LogP contribution in [-0.2, 0) is 4.79 Å². The van der Waals surface area contributed by atoms with Crippen molar-refractivity contribution in [2.24, 2.45) is 5.73 Å². The van der Waals surface area contributed by atoms with Gasteiger partial charge in [-0.05, 0) is 31.9 Å². The molecule has 0 bridgehead atoms. The second-order valence-electron chi connectivity index (χ2n) is 4.80. The highest BCUT2D eigenvalue weighted by Crippen LogP contribution is 2.16. The summed E-state index contributed by atoms with van der Waals surface area (Å²) in [5, 5.41) is 12.6. The van der Waals surface area contributed by atoms with E-state index in [0.717, 1.165) is 11.1 Å². The standard InChI is InChI=1S/C13H20N2O2/c1-9-6-4-5-7-10(9)11(16)8-15-12(17)13(2,3)14/h4-7,11,16H,8,14H2,1-3H3,(H,15,17). The van der Waals surface area contributed by atoms with Gasteiger partial charge in [0.15, 0.2) is 0 Å². The molecule has 0 spiro atoms. The van der Waals surface area contributed by atoms with Crippen LogP contribution in [-0.4, -0.2) is 23.1 Å². The van der Waals surface area contributed by atoms with E-state index in [-0.39, 0.29) is 12.5 Å². The van der Waals surface area contributed by atoms with Crippen LogP contribution in [0.15, 0.2) is 24.3 Å². The Hall–Kier alpha value is -1.39. The van der Waals surface area contributed by atoms with Gasteiger partial charge in [0.25, 0.3) is 0 Å². The minimum absolute atomic E-state index is 0.171. The maximum absolute atomic E-state index is 11.5. The third-order valence-corrected chi connectivity index (χ3v) is 2.59. The number of nitrogens with two attached hydrogens (primary N) is 1. The third kappa shape index (κ3) is 3.84. The van der Waals surface area contributed by atoms with Crippen LogP contribution in [0.3, 0.4) is 0 Å². The van der Waals surface area contributed by atoms with E-state index < -0.39 is 11.6 Å². The summed E-state index contributed by atoms with van der Waals surface area (Å²) < 4.78 is 0. The van der Waals surface area contributed by atoms with Crippen LogP contribution < -0.4 is 11.1 Å². The van der Waals surface area contributed by atoms with Gasteiger partial charge in [0, 0.05) is 6.54 Å². The van der Waals surface area contributed by atoms with E-state index in [1.165, 1.54) is 0 Å². The smallest absolute Gasteiger partial charge is 0.239 e. The molecule has 17 heavy (non-hydrogen) atoms. The molecule has 4 nitrogen and oxygen atoms in total. The Morgan fingerprint density at radius 1 is 1.47 bits per heavy atom. The Morgan fingerprint density at radius 3 is 2.59 bits per heavy atom. The molecule has 0 aliphatic carbocycles. The average molecular weight is 236 g/mol. The van der Waals surface area contributed by atoms with Crippen molar-refractivity contribution in [1.82, 2.24) is 5.32 Å². The first kappa shape index (κ1) is 13.7. The molecular weight excluding hydrogens is 216 g/mol. The maximum Gasteiger partial charge on any atom is 0.239 e. The van der Waals surface area contributed by atoms with Crippen LogP contribution in [0.25, 0.3) is 0 Å². The molecule has 0 radical (unpaired) electrons. The number of aryl methyl sites for hydroxylation is 1. The lowest BCUT2D eigenvalue weighted by Gasteiger charge is -2.20. The van der Waals surface area contributed by atoms with Gasteiger partial charge in [-0.2, -0.15) is 0 Å². The summed E-state index contributed by atoms with van der Waals surface area (Å²) in [6.45, 7) is 5.35. The summed E-state index contributed by atoms with van der Waals surface area (Å²) in [7, 11) is 0. The lowest BCUT2D eigenvalue weighted by Crippen LogP contribution is -2.49. The molecule has 1 aromatic carbocycles. The van der Waals surface area contributed by atoms with E-state index in [9.17, 15) is 9.90 Å². The third-order valence-electron chi connectivity index (χ3n) is 2.59. The van der Waals surface area contributed by atoms with E-state index in [4.69, 9.17) is 5.73 Å². The minimum Gasteiger partial charge on any atom is -0.387 e. The van der Waals surface area contributed by atoms with Gasteiger partial charge in [0.1, 0.15) is 0 Å². The van der Waals surface area contributed by atoms with Crippen molar-refractivity contribution in [3.8, 4) is 0 Å². The lowest BCUT2D eigenvalue weighted by molar-refractivity contribution is -0.125. The number of aliphatic hydroxyl groups excluding tert-OH is 1. The number of amides is 1. The van der Waals surface area contributed by atoms with Gasteiger partial charge >= 0.3 is 0 Å². The van der Waals surface area contributed by atoms with E-state index >= 15 is 0 Å². The first-order valence-electron chi connectivity index (χ1n) is 5.63. The van der Waals surface area contributed by atoms with E-state index in [1.54, 1.807) is 13.8 Å². The van der Waals surface area contributed by atoms with Gasteiger partial charge in [0.05, 0.1) is 11.6 Å². The molecule has 94 valence electrons. The van der Waals surface area contributed by atoms with Crippen molar-refractivity contribution in [3.63, 3.8) is 0 Å². The summed E-state index contributed by atoms with van der Waals surface area (Å²) in [6.07, 6.45) is -0.706. The minimum atomic E-state index is -0.925. The molecule has 0 saturated heterocycles. The average Bonchev–Trinajstić information content (AvgIpc) is 2.24. The second kappa shape index (κ2) is 5.29. The molecule has 0 heterocycles. The summed E-state index contributed by atoms with van der Waals surface area (Å²) >= 11 is 0. The van der Waals surface area contributed by atoms with Crippen molar-refractivity contribution < 1.29 is 9.90 Å². The Balaban J connectivity index is 2.60. The predicted octanol–water partition coefficient (Wildman–Crippen LogP) is 0.882. The summed E-state index contributed by atoms with van der Waals surface area (Å²) in [6, 6.07) is 7.54. The number of hydrogen-bond donors (Lipinski definition) is 3. The molecule has 0 saturated carbocycles. The zero-order valence-corrected chi connectivity index (χ0v) is 10.5.